The second kappa shape index (κ2) is 10.3. The van der Waals surface area contributed by atoms with Gasteiger partial charge >= 0.3 is 0 Å². The van der Waals surface area contributed by atoms with Gasteiger partial charge in [-0.2, -0.15) is 0 Å². The van der Waals surface area contributed by atoms with Crippen molar-refractivity contribution < 1.29 is 4.74 Å². The minimum absolute atomic E-state index is 0. The van der Waals surface area contributed by atoms with Crippen LogP contribution in [0.3, 0.4) is 0 Å². The first-order valence-corrected chi connectivity index (χ1v) is 7.52. The molecule has 120 valence electrons. The van der Waals surface area contributed by atoms with Gasteiger partial charge in [-0.05, 0) is 43.9 Å². The van der Waals surface area contributed by atoms with Crippen molar-refractivity contribution in [3.05, 3.63) is 29.8 Å². The Morgan fingerprint density at radius 2 is 2.09 bits per heavy atom. The van der Waals surface area contributed by atoms with Crippen LogP contribution in [0.25, 0.3) is 0 Å². The highest BCUT2D eigenvalue weighted by atomic mass is 127. The van der Waals surface area contributed by atoms with Crippen LogP contribution in [0.2, 0.25) is 0 Å². The number of halogens is 1. The molecule has 0 bridgehead atoms. The molecule has 0 spiro atoms. The Morgan fingerprint density at radius 3 is 2.68 bits per heavy atom. The highest BCUT2D eigenvalue weighted by Gasteiger charge is 2.21. The summed E-state index contributed by atoms with van der Waals surface area (Å²) in [7, 11) is 0. The maximum atomic E-state index is 5.35. The Kier molecular flexibility index (Phi) is 8.75. The van der Waals surface area contributed by atoms with E-state index in [0.717, 1.165) is 31.2 Å². The molecule has 0 aromatic heterocycles. The number of aliphatic imine (C=N–C) groups is 1. The molecule has 1 aliphatic carbocycles. The second-order valence-corrected chi connectivity index (χ2v) is 5.07. The summed E-state index contributed by atoms with van der Waals surface area (Å²) in [4.78, 5) is 4.60. The van der Waals surface area contributed by atoms with Crippen molar-refractivity contribution in [3.8, 4) is 18.1 Å². The van der Waals surface area contributed by atoms with Crippen molar-refractivity contribution in [1.29, 1.82) is 0 Å². The van der Waals surface area contributed by atoms with Crippen LogP contribution in [-0.4, -0.2) is 31.7 Å². The molecule has 5 heteroatoms. The standard InChI is InChI=1S/C17H23N3O.HI/c1-3-13-21-16-9-5-14(6-10-16)11-12-19-17(18-4-2)20-15-7-8-15;/h1,5-6,9-10,15H,4,7-8,11-13H2,2H3,(H2,18,19,20);1H. The fraction of sp³-hybridized carbons (Fsp3) is 0.471. The number of hydrogen-bond acceptors (Lipinski definition) is 2. The number of ether oxygens (including phenoxy) is 1. The van der Waals surface area contributed by atoms with Gasteiger partial charge in [-0.25, -0.2) is 0 Å². The van der Waals surface area contributed by atoms with Crippen LogP contribution in [0.4, 0.5) is 0 Å². The monoisotopic (exact) mass is 413 g/mol. The molecule has 0 heterocycles. The number of hydrogen-bond donors (Lipinski definition) is 2. The lowest BCUT2D eigenvalue weighted by molar-refractivity contribution is 0.370. The summed E-state index contributed by atoms with van der Waals surface area (Å²) in [6.45, 7) is 4.05. The van der Waals surface area contributed by atoms with Gasteiger partial charge in [-0.3, -0.25) is 4.99 Å². The van der Waals surface area contributed by atoms with Gasteiger partial charge in [0.05, 0.1) is 0 Å². The molecule has 1 aromatic rings. The summed E-state index contributed by atoms with van der Waals surface area (Å²) in [5.41, 5.74) is 1.24. The third kappa shape index (κ3) is 7.03. The molecule has 0 amide bonds. The van der Waals surface area contributed by atoms with Gasteiger partial charge in [0.25, 0.3) is 0 Å². The first-order valence-electron chi connectivity index (χ1n) is 7.52. The molecule has 0 aliphatic heterocycles. The lowest BCUT2D eigenvalue weighted by Gasteiger charge is -2.10. The number of rotatable bonds is 7. The Hall–Kier alpha value is -1.42. The SMILES string of the molecule is C#CCOc1ccc(CCN=C(NCC)NC2CC2)cc1.I. The van der Waals surface area contributed by atoms with Gasteiger partial charge in [0.15, 0.2) is 5.96 Å². The number of nitrogens with one attached hydrogen (secondary N) is 2. The molecule has 1 fully saturated rings. The Morgan fingerprint density at radius 1 is 1.36 bits per heavy atom. The van der Waals surface area contributed by atoms with E-state index in [1.54, 1.807) is 0 Å². The Labute approximate surface area is 150 Å². The third-order valence-electron chi connectivity index (χ3n) is 3.18. The van der Waals surface area contributed by atoms with Crippen molar-refractivity contribution in [3.63, 3.8) is 0 Å². The van der Waals surface area contributed by atoms with Crippen molar-refractivity contribution in [2.75, 3.05) is 19.7 Å². The molecule has 0 radical (unpaired) electrons. The minimum atomic E-state index is 0. The van der Waals surface area contributed by atoms with E-state index in [9.17, 15) is 0 Å². The van der Waals surface area contributed by atoms with E-state index in [1.165, 1.54) is 18.4 Å². The summed E-state index contributed by atoms with van der Waals surface area (Å²) in [6.07, 6.45) is 8.58. The van der Waals surface area contributed by atoms with Crippen LogP contribution in [0.5, 0.6) is 5.75 Å². The van der Waals surface area contributed by atoms with E-state index < -0.39 is 0 Å². The summed E-state index contributed by atoms with van der Waals surface area (Å²) < 4.78 is 5.35. The van der Waals surface area contributed by atoms with E-state index >= 15 is 0 Å². The zero-order valence-electron chi connectivity index (χ0n) is 13.0. The molecule has 0 unspecified atom stereocenters. The van der Waals surface area contributed by atoms with Crippen LogP contribution in [0.15, 0.2) is 29.3 Å². The second-order valence-electron chi connectivity index (χ2n) is 5.07. The molecule has 22 heavy (non-hydrogen) atoms. The minimum Gasteiger partial charge on any atom is -0.481 e. The summed E-state index contributed by atoms with van der Waals surface area (Å²) in [5, 5.41) is 6.68. The summed E-state index contributed by atoms with van der Waals surface area (Å²) >= 11 is 0. The molecule has 1 aromatic carbocycles. The van der Waals surface area contributed by atoms with Crippen LogP contribution >= 0.6 is 24.0 Å². The molecule has 2 N–H and O–H groups in total. The van der Waals surface area contributed by atoms with E-state index in [4.69, 9.17) is 11.2 Å². The predicted molar refractivity (Wildman–Crippen MR) is 102 cm³/mol. The number of nitrogens with zero attached hydrogens (tertiary/aromatic N) is 1. The first kappa shape index (κ1) is 18.6. The van der Waals surface area contributed by atoms with Gasteiger partial charge in [0.2, 0.25) is 0 Å². The summed E-state index contributed by atoms with van der Waals surface area (Å²) in [5.74, 6) is 4.19. The quantitative estimate of drug-likeness (QED) is 0.313. The maximum Gasteiger partial charge on any atom is 0.191 e. The van der Waals surface area contributed by atoms with Crippen molar-refractivity contribution in [1.82, 2.24) is 10.6 Å². The third-order valence-corrected chi connectivity index (χ3v) is 3.18. The average Bonchev–Trinajstić information content (AvgIpc) is 3.30. The molecule has 1 aliphatic rings. The lowest BCUT2D eigenvalue weighted by Crippen LogP contribution is -2.38. The van der Waals surface area contributed by atoms with Crippen LogP contribution in [0, 0.1) is 12.3 Å². The fourth-order valence-corrected chi connectivity index (χ4v) is 1.92. The lowest BCUT2D eigenvalue weighted by atomic mass is 10.1. The van der Waals surface area contributed by atoms with Gasteiger partial charge < -0.3 is 15.4 Å². The van der Waals surface area contributed by atoms with Crippen molar-refractivity contribution >= 4 is 29.9 Å². The molecule has 0 saturated heterocycles. The van der Waals surface area contributed by atoms with Crippen molar-refractivity contribution in [2.45, 2.75) is 32.2 Å². The van der Waals surface area contributed by atoms with Crippen LogP contribution in [0.1, 0.15) is 25.3 Å². The Bertz CT molecular complexity index is 504. The normalized spacial score (nSPS) is 13.7. The molecule has 0 atom stereocenters. The molecular formula is C17H24IN3O. The van der Waals surface area contributed by atoms with Gasteiger partial charge in [0, 0.05) is 19.1 Å². The summed E-state index contributed by atoms with van der Waals surface area (Å²) in [6, 6.07) is 8.63. The Balaban J connectivity index is 0.00000242. The molecular weight excluding hydrogens is 389 g/mol. The zero-order valence-corrected chi connectivity index (χ0v) is 15.3. The first-order chi connectivity index (χ1) is 10.3. The average molecular weight is 413 g/mol. The molecule has 1 saturated carbocycles. The topological polar surface area (TPSA) is 45.6 Å². The van der Waals surface area contributed by atoms with Crippen LogP contribution < -0.4 is 15.4 Å². The highest BCUT2D eigenvalue weighted by Crippen LogP contribution is 2.18. The van der Waals surface area contributed by atoms with E-state index in [0.29, 0.717) is 12.6 Å². The maximum absolute atomic E-state index is 5.35. The number of benzene rings is 1. The number of guanidine groups is 1. The van der Waals surface area contributed by atoms with Crippen LogP contribution in [-0.2, 0) is 6.42 Å². The van der Waals surface area contributed by atoms with E-state index in [-0.39, 0.29) is 24.0 Å². The zero-order chi connectivity index (χ0) is 14.9. The van der Waals surface area contributed by atoms with Gasteiger partial charge in [-0.1, -0.05) is 18.1 Å². The highest BCUT2D eigenvalue weighted by molar-refractivity contribution is 14.0. The van der Waals surface area contributed by atoms with E-state index in [2.05, 4.69) is 40.6 Å². The predicted octanol–water partition coefficient (Wildman–Crippen LogP) is 2.58. The van der Waals surface area contributed by atoms with E-state index in [1.807, 2.05) is 12.1 Å². The number of terminal acetylenes is 1. The fourth-order valence-electron chi connectivity index (χ4n) is 1.92. The molecule has 4 nitrogen and oxygen atoms in total. The largest absolute Gasteiger partial charge is 0.481 e. The smallest absolute Gasteiger partial charge is 0.191 e. The van der Waals surface area contributed by atoms with Crippen molar-refractivity contribution in [2.24, 2.45) is 4.99 Å². The molecule has 2 rings (SSSR count). The van der Waals surface area contributed by atoms with Gasteiger partial charge in [-0.15, -0.1) is 30.4 Å². The van der Waals surface area contributed by atoms with Gasteiger partial charge in [0.1, 0.15) is 12.4 Å².